The summed E-state index contributed by atoms with van der Waals surface area (Å²) < 4.78 is 0. The Kier molecular flexibility index (Phi) is 7.34. The van der Waals surface area contributed by atoms with Crippen LogP contribution < -0.4 is 10.2 Å². The van der Waals surface area contributed by atoms with Crippen molar-refractivity contribution < 1.29 is 4.79 Å². The van der Waals surface area contributed by atoms with Gasteiger partial charge in [0.1, 0.15) is 0 Å². The summed E-state index contributed by atoms with van der Waals surface area (Å²) >= 11 is 0. The number of anilines is 1. The topological polar surface area (TPSA) is 32.3 Å². The number of carbonyl (C=O) groups is 1. The zero-order chi connectivity index (χ0) is 17.2. The summed E-state index contributed by atoms with van der Waals surface area (Å²) in [5.74, 6) is 0.550. The molecule has 3 heteroatoms. The Balaban J connectivity index is 1.62. The van der Waals surface area contributed by atoms with Crippen LogP contribution in [0.5, 0.6) is 0 Å². The molecule has 0 fully saturated rings. The highest BCUT2D eigenvalue weighted by molar-refractivity contribution is 5.76. The van der Waals surface area contributed by atoms with Gasteiger partial charge in [-0.05, 0) is 36.5 Å². The van der Waals surface area contributed by atoms with Gasteiger partial charge in [0.15, 0.2) is 0 Å². The maximum atomic E-state index is 12.1. The van der Waals surface area contributed by atoms with E-state index in [4.69, 9.17) is 0 Å². The van der Waals surface area contributed by atoms with Crippen LogP contribution in [0.25, 0.3) is 0 Å². The third kappa shape index (κ3) is 6.45. The second-order valence-corrected chi connectivity index (χ2v) is 6.44. The first-order valence-electron chi connectivity index (χ1n) is 8.72. The van der Waals surface area contributed by atoms with Crippen molar-refractivity contribution in [1.82, 2.24) is 5.32 Å². The van der Waals surface area contributed by atoms with E-state index in [0.717, 1.165) is 19.4 Å². The first-order valence-corrected chi connectivity index (χ1v) is 8.72. The zero-order valence-electron chi connectivity index (χ0n) is 14.7. The maximum Gasteiger partial charge on any atom is 0.220 e. The molecule has 0 aliphatic heterocycles. The lowest BCUT2D eigenvalue weighted by molar-refractivity contribution is -0.121. The summed E-state index contributed by atoms with van der Waals surface area (Å²) in [4.78, 5) is 14.2. The number of hydrogen-bond donors (Lipinski definition) is 1. The largest absolute Gasteiger partial charge is 0.373 e. The summed E-state index contributed by atoms with van der Waals surface area (Å²) in [5, 5.41) is 3.03. The van der Waals surface area contributed by atoms with Gasteiger partial charge in [-0.25, -0.2) is 0 Å². The molecule has 0 aliphatic rings. The van der Waals surface area contributed by atoms with Crippen molar-refractivity contribution in [2.24, 2.45) is 5.92 Å². The molecule has 0 aliphatic carbocycles. The second-order valence-electron chi connectivity index (χ2n) is 6.44. The number of amides is 1. The van der Waals surface area contributed by atoms with Gasteiger partial charge in [0.25, 0.3) is 0 Å². The van der Waals surface area contributed by atoms with Crippen molar-refractivity contribution in [3.05, 3.63) is 66.2 Å². The molecule has 2 aromatic carbocycles. The van der Waals surface area contributed by atoms with Crippen LogP contribution >= 0.6 is 0 Å². The molecule has 3 nitrogen and oxygen atoms in total. The van der Waals surface area contributed by atoms with E-state index in [0.29, 0.717) is 18.9 Å². The molecule has 0 aromatic heterocycles. The molecule has 2 aromatic rings. The molecule has 0 radical (unpaired) electrons. The van der Waals surface area contributed by atoms with E-state index >= 15 is 0 Å². The van der Waals surface area contributed by atoms with Crippen LogP contribution in [0, 0.1) is 5.92 Å². The fraction of sp³-hybridized carbons (Fsp3) is 0.381. The van der Waals surface area contributed by atoms with Crippen molar-refractivity contribution in [2.75, 3.05) is 25.0 Å². The van der Waals surface area contributed by atoms with Gasteiger partial charge in [-0.2, -0.15) is 0 Å². The van der Waals surface area contributed by atoms with Gasteiger partial charge in [-0.15, -0.1) is 0 Å². The van der Waals surface area contributed by atoms with Gasteiger partial charge in [0.2, 0.25) is 5.91 Å². The number of para-hydroxylation sites is 1. The predicted octanol–water partition coefficient (Wildman–Crippen LogP) is 3.90. The number of rotatable bonds is 9. The zero-order valence-corrected chi connectivity index (χ0v) is 14.7. The molecule has 0 bridgehead atoms. The Morgan fingerprint density at radius 1 is 1.04 bits per heavy atom. The average molecular weight is 324 g/mol. The number of nitrogens with zero attached hydrogens (tertiary/aromatic N) is 1. The number of carbonyl (C=O) groups excluding carboxylic acids is 1. The van der Waals surface area contributed by atoms with E-state index in [2.05, 4.69) is 53.5 Å². The standard InChI is InChI=1S/C21H28N2O/c1-18(13-14-19-9-5-3-6-10-19)17-21(24)22-15-16-23(2)20-11-7-4-8-12-20/h3-12,18H,13-17H2,1-2H3,(H,22,24). The first kappa shape index (κ1) is 18.1. The minimum Gasteiger partial charge on any atom is -0.373 e. The molecule has 0 saturated carbocycles. The Labute approximate surface area is 145 Å². The fourth-order valence-electron chi connectivity index (χ4n) is 2.72. The molecule has 1 atom stereocenters. The number of likely N-dealkylation sites (N-methyl/N-ethyl adjacent to an activating group) is 1. The van der Waals surface area contributed by atoms with Crippen LogP contribution in [0.2, 0.25) is 0 Å². The van der Waals surface area contributed by atoms with Crippen LogP contribution in [0.1, 0.15) is 25.3 Å². The van der Waals surface area contributed by atoms with Crippen LogP contribution in [0.4, 0.5) is 5.69 Å². The molecule has 0 heterocycles. The highest BCUT2D eigenvalue weighted by Gasteiger charge is 2.09. The normalized spacial score (nSPS) is 11.8. The smallest absolute Gasteiger partial charge is 0.220 e. The van der Waals surface area contributed by atoms with Gasteiger partial charge in [0, 0.05) is 32.2 Å². The van der Waals surface area contributed by atoms with Crippen molar-refractivity contribution in [3.8, 4) is 0 Å². The third-order valence-electron chi connectivity index (χ3n) is 4.27. The number of aryl methyl sites for hydroxylation is 1. The minimum atomic E-state index is 0.150. The van der Waals surface area contributed by atoms with E-state index in [9.17, 15) is 4.79 Å². The highest BCUT2D eigenvalue weighted by atomic mass is 16.1. The van der Waals surface area contributed by atoms with E-state index in [1.165, 1.54) is 11.3 Å². The predicted molar refractivity (Wildman–Crippen MR) is 101 cm³/mol. The molecule has 1 unspecified atom stereocenters. The summed E-state index contributed by atoms with van der Waals surface area (Å²) in [5.41, 5.74) is 2.51. The number of benzene rings is 2. The van der Waals surface area contributed by atoms with Crippen molar-refractivity contribution in [3.63, 3.8) is 0 Å². The van der Waals surface area contributed by atoms with E-state index < -0.39 is 0 Å². The Bertz CT molecular complexity index is 598. The lowest BCUT2D eigenvalue weighted by atomic mass is 9.98. The van der Waals surface area contributed by atoms with Gasteiger partial charge in [0.05, 0.1) is 0 Å². The quantitative estimate of drug-likeness (QED) is 0.759. The van der Waals surface area contributed by atoms with Crippen molar-refractivity contribution in [1.29, 1.82) is 0 Å². The van der Waals surface area contributed by atoms with Gasteiger partial charge >= 0.3 is 0 Å². The monoisotopic (exact) mass is 324 g/mol. The minimum absolute atomic E-state index is 0.150. The highest BCUT2D eigenvalue weighted by Crippen LogP contribution is 2.13. The molecular formula is C21H28N2O. The van der Waals surface area contributed by atoms with Gasteiger partial charge in [-0.1, -0.05) is 55.5 Å². The van der Waals surface area contributed by atoms with Crippen LogP contribution in [-0.2, 0) is 11.2 Å². The summed E-state index contributed by atoms with van der Waals surface area (Å²) in [7, 11) is 2.05. The summed E-state index contributed by atoms with van der Waals surface area (Å²) in [6.07, 6.45) is 2.68. The summed E-state index contributed by atoms with van der Waals surface area (Å²) in [6.45, 7) is 3.64. The fourth-order valence-corrected chi connectivity index (χ4v) is 2.72. The average Bonchev–Trinajstić information content (AvgIpc) is 2.61. The molecule has 0 spiro atoms. The van der Waals surface area contributed by atoms with Crippen molar-refractivity contribution in [2.45, 2.75) is 26.2 Å². The van der Waals surface area contributed by atoms with Crippen LogP contribution in [-0.4, -0.2) is 26.0 Å². The van der Waals surface area contributed by atoms with E-state index in [1.807, 2.05) is 31.3 Å². The third-order valence-corrected chi connectivity index (χ3v) is 4.27. The van der Waals surface area contributed by atoms with Gasteiger partial charge in [-0.3, -0.25) is 4.79 Å². The molecule has 1 N–H and O–H groups in total. The SMILES string of the molecule is CC(CCc1ccccc1)CC(=O)NCCN(C)c1ccccc1. The molecule has 24 heavy (non-hydrogen) atoms. The summed E-state index contributed by atoms with van der Waals surface area (Å²) in [6, 6.07) is 20.7. The molecule has 0 saturated heterocycles. The van der Waals surface area contributed by atoms with E-state index in [-0.39, 0.29) is 5.91 Å². The van der Waals surface area contributed by atoms with E-state index in [1.54, 1.807) is 0 Å². The Hall–Kier alpha value is -2.29. The first-order chi connectivity index (χ1) is 11.6. The Morgan fingerprint density at radius 3 is 2.33 bits per heavy atom. The number of hydrogen-bond acceptors (Lipinski definition) is 2. The molecule has 2 rings (SSSR count). The Morgan fingerprint density at radius 2 is 1.67 bits per heavy atom. The van der Waals surface area contributed by atoms with Crippen LogP contribution in [0.15, 0.2) is 60.7 Å². The second kappa shape index (κ2) is 9.76. The van der Waals surface area contributed by atoms with Crippen molar-refractivity contribution >= 4 is 11.6 Å². The molecule has 1 amide bonds. The lowest BCUT2D eigenvalue weighted by Gasteiger charge is -2.19. The number of nitrogens with one attached hydrogen (secondary N) is 1. The lowest BCUT2D eigenvalue weighted by Crippen LogP contribution is -2.33. The molecule has 128 valence electrons. The van der Waals surface area contributed by atoms with Gasteiger partial charge < -0.3 is 10.2 Å². The maximum absolute atomic E-state index is 12.1. The molecular weight excluding hydrogens is 296 g/mol. The van der Waals surface area contributed by atoms with Crippen LogP contribution in [0.3, 0.4) is 0 Å².